The number of aliphatic carboxylic acids is 1. The van der Waals surface area contributed by atoms with Gasteiger partial charge in [0.15, 0.2) is 10.8 Å². The van der Waals surface area contributed by atoms with Crippen LogP contribution in [0.25, 0.3) is 0 Å². The third-order valence-electron chi connectivity index (χ3n) is 8.43. The molecule has 2 aromatic rings. The number of carboxylic acid groups (broad SMARTS) is 1. The molecule has 1 aromatic carbocycles. The normalized spacial score (nSPS) is 23.7. The van der Waals surface area contributed by atoms with Gasteiger partial charge in [0.25, 0.3) is 5.92 Å². The summed E-state index contributed by atoms with van der Waals surface area (Å²) in [6.45, 7) is 5.13. The summed E-state index contributed by atoms with van der Waals surface area (Å²) in [6.07, 6.45) is 1.15. The fourth-order valence-corrected chi connectivity index (χ4v) is 6.64. The molecule has 44 heavy (non-hydrogen) atoms. The number of hydrogen-bond donors (Lipinski definition) is 2. The number of aliphatic imine (C=N–C) groups is 1. The molecular weight excluding hydrogens is 599 g/mol. The van der Waals surface area contributed by atoms with Gasteiger partial charge in [-0.15, -0.1) is 11.3 Å². The number of esters is 1. The number of nitrogens with one attached hydrogen (secondary N) is 1. The number of piperidine rings is 1. The molecule has 5 rings (SSSR count). The molecule has 0 radical (unpaired) electrons. The lowest BCUT2D eigenvalue weighted by Gasteiger charge is -2.41. The van der Waals surface area contributed by atoms with Gasteiger partial charge in [0.2, 0.25) is 5.91 Å². The van der Waals surface area contributed by atoms with Gasteiger partial charge in [-0.2, -0.15) is 0 Å². The number of alkyl halides is 2. The SMILES string of the molecule is CCOC(=O)C1=C(CN2CC(F)(F)C3CC(=O)N(CC(C)(C)C(=O)O)CC32)NC(c2nccs2)=NC1c1cccc(F)c1C. The predicted octanol–water partition coefficient (Wildman–Crippen LogP) is 3.78. The van der Waals surface area contributed by atoms with E-state index in [4.69, 9.17) is 9.73 Å². The number of carbonyl (C=O) groups excluding carboxylic acids is 2. The van der Waals surface area contributed by atoms with Crippen molar-refractivity contribution in [1.82, 2.24) is 20.1 Å². The molecule has 3 atom stereocenters. The Bertz CT molecular complexity index is 1530. The third kappa shape index (κ3) is 5.96. The van der Waals surface area contributed by atoms with E-state index in [0.29, 0.717) is 16.4 Å². The number of thiazole rings is 1. The minimum Gasteiger partial charge on any atom is -0.481 e. The highest BCUT2D eigenvalue weighted by molar-refractivity contribution is 7.11. The summed E-state index contributed by atoms with van der Waals surface area (Å²) in [4.78, 5) is 50.1. The van der Waals surface area contributed by atoms with Crippen molar-refractivity contribution in [2.24, 2.45) is 16.3 Å². The van der Waals surface area contributed by atoms with Gasteiger partial charge in [-0.25, -0.2) is 22.9 Å². The number of ether oxygens (including phenoxy) is 1. The van der Waals surface area contributed by atoms with Crippen LogP contribution in [0.2, 0.25) is 0 Å². The van der Waals surface area contributed by atoms with Gasteiger partial charge in [-0.3, -0.25) is 19.5 Å². The summed E-state index contributed by atoms with van der Waals surface area (Å²) in [5.74, 6) is -7.05. The number of amidine groups is 1. The van der Waals surface area contributed by atoms with Gasteiger partial charge in [0.1, 0.15) is 11.9 Å². The first-order valence-corrected chi connectivity index (χ1v) is 15.1. The summed E-state index contributed by atoms with van der Waals surface area (Å²) >= 11 is 1.28. The van der Waals surface area contributed by atoms with Crippen molar-refractivity contribution >= 4 is 35.0 Å². The number of nitrogens with zero attached hydrogens (tertiary/aromatic N) is 4. The Morgan fingerprint density at radius 3 is 2.70 bits per heavy atom. The molecular formula is C30H34F3N5O5S. The Morgan fingerprint density at radius 1 is 1.30 bits per heavy atom. The summed E-state index contributed by atoms with van der Waals surface area (Å²) in [5, 5.41) is 15.0. The Balaban J connectivity index is 1.56. The lowest BCUT2D eigenvalue weighted by Crippen LogP contribution is -2.55. The van der Waals surface area contributed by atoms with E-state index in [1.807, 2.05) is 0 Å². The van der Waals surface area contributed by atoms with Crippen LogP contribution in [-0.4, -0.2) is 88.3 Å². The summed E-state index contributed by atoms with van der Waals surface area (Å²) in [7, 11) is 0. The van der Waals surface area contributed by atoms with E-state index in [1.165, 1.54) is 47.1 Å². The summed E-state index contributed by atoms with van der Waals surface area (Å²) in [6, 6.07) is 2.64. The monoisotopic (exact) mass is 633 g/mol. The van der Waals surface area contributed by atoms with Crippen LogP contribution < -0.4 is 5.32 Å². The highest BCUT2D eigenvalue weighted by atomic mass is 32.1. The highest BCUT2D eigenvalue weighted by Crippen LogP contribution is 2.44. The molecule has 0 aliphatic carbocycles. The lowest BCUT2D eigenvalue weighted by molar-refractivity contribution is -0.152. The number of halogens is 3. The lowest BCUT2D eigenvalue weighted by atomic mass is 9.86. The van der Waals surface area contributed by atoms with Gasteiger partial charge in [-0.05, 0) is 44.9 Å². The molecule has 3 unspecified atom stereocenters. The van der Waals surface area contributed by atoms with Crippen LogP contribution >= 0.6 is 11.3 Å². The first-order chi connectivity index (χ1) is 20.7. The second kappa shape index (κ2) is 12.0. The molecule has 3 aliphatic rings. The zero-order chi connectivity index (χ0) is 32.0. The standard InChI is InChI=1S/C30H34F3N5O5S/c1-5-43-27(40)23-20(35-25(26-34-9-10-44-26)36-24(23)17-7-6-8-19(31)16(17)2)12-37-15-30(32,33)18-11-22(39)38(13-21(18)37)14-29(3,4)28(41)42/h6-10,18,21,24H,5,11-15H2,1-4H3,(H,35,36)(H,41,42). The summed E-state index contributed by atoms with van der Waals surface area (Å²) < 4.78 is 51.1. The topological polar surface area (TPSA) is 124 Å². The second-order valence-electron chi connectivity index (χ2n) is 11.9. The minimum absolute atomic E-state index is 0.0381. The molecule has 2 fully saturated rings. The fourth-order valence-electron chi connectivity index (χ4n) is 6.05. The largest absolute Gasteiger partial charge is 0.481 e. The maximum Gasteiger partial charge on any atom is 0.338 e. The molecule has 3 aliphatic heterocycles. The van der Waals surface area contributed by atoms with E-state index in [2.05, 4.69) is 10.3 Å². The van der Waals surface area contributed by atoms with Gasteiger partial charge in [0.05, 0.1) is 30.1 Å². The van der Waals surface area contributed by atoms with Crippen LogP contribution in [0.15, 0.2) is 46.0 Å². The molecule has 14 heteroatoms. The van der Waals surface area contributed by atoms with E-state index < -0.39 is 66.0 Å². The maximum absolute atomic E-state index is 15.5. The van der Waals surface area contributed by atoms with E-state index in [-0.39, 0.29) is 43.1 Å². The first-order valence-electron chi connectivity index (χ1n) is 14.3. The number of rotatable bonds is 9. The predicted molar refractivity (Wildman–Crippen MR) is 156 cm³/mol. The number of amides is 1. The van der Waals surface area contributed by atoms with E-state index >= 15 is 8.78 Å². The average Bonchev–Trinajstić information content (AvgIpc) is 3.57. The van der Waals surface area contributed by atoms with Crippen LogP contribution in [0.5, 0.6) is 0 Å². The molecule has 236 valence electrons. The van der Waals surface area contributed by atoms with Crippen LogP contribution in [0, 0.1) is 24.1 Å². The second-order valence-corrected chi connectivity index (χ2v) is 12.8. The fraction of sp³-hybridized carbons (Fsp3) is 0.500. The van der Waals surface area contributed by atoms with Crippen molar-refractivity contribution in [1.29, 1.82) is 0 Å². The molecule has 10 nitrogen and oxygen atoms in total. The Kier molecular flexibility index (Phi) is 8.60. The minimum atomic E-state index is -3.21. The number of aromatic nitrogens is 1. The van der Waals surface area contributed by atoms with Gasteiger partial charge < -0.3 is 20.1 Å². The number of hydrogen-bond acceptors (Lipinski definition) is 9. The van der Waals surface area contributed by atoms with Crippen LogP contribution in [0.3, 0.4) is 0 Å². The molecule has 0 saturated carbocycles. The average molecular weight is 634 g/mol. The van der Waals surface area contributed by atoms with E-state index in [9.17, 15) is 23.9 Å². The number of benzene rings is 1. The Morgan fingerprint density at radius 2 is 2.05 bits per heavy atom. The molecule has 4 heterocycles. The third-order valence-corrected chi connectivity index (χ3v) is 9.21. The van der Waals surface area contributed by atoms with E-state index in [1.54, 1.807) is 31.5 Å². The van der Waals surface area contributed by atoms with Crippen molar-refractivity contribution in [3.8, 4) is 0 Å². The van der Waals surface area contributed by atoms with Crippen molar-refractivity contribution in [2.45, 2.75) is 52.1 Å². The van der Waals surface area contributed by atoms with Gasteiger partial charge in [0, 0.05) is 49.4 Å². The van der Waals surface area contributed by atoms with Crippen molar-refractivity contribution in [3.63, 3.8) is 0 Å². The number of carbonyl (C=O) groups is 3. The zero-order valence-electron chi connectivity index (χ0n) is 24.8. The Labute approximate surface area is 256 Å². The smallest absolute Gasteiger partial charge is 0.338 e. The molecule has 2 N–H and O–H groups in total. The van der Waals surface area contributed by atoms with E-state index in [0.717, 1.165) is 0 Å². The summed E-state index contributed by atoms with van der Waals surface area (Å²) in [5.41, 5.74) is -0.283. The van der Waals surface area contributed by atoms with Crippen molar-refractivity contribution in [3.05, 3.63) is 63.0 Å². The van der Waals surface area contributed by atoms with Crippen LogP contribution in [-0.2, 0) is 19.1 Å². The number of likely N-dealkylation sites (tertiary alicyclic amines) is 2. The molecule has 2 saturated heterocycles. The number of fused-ring (bicyclic) bond motifs is 1. The molecule has 1 aromatic heterocycles. The van der Waals surface area contributed by atoms with Gasteiger partial charge in [-0.1, -0.05) is 12.1 Å². The Hall–Kier alpha value is -3.78. The van der Waals surface area contributed by atoms with Crippen LogP contribution in [0.4, 0.5) is 13.2 Å². The van der Waals surface area contributed by atoms with Crippen molar-refractivity contribution < 1.29 is 37.4 Å². The maximum atomic E-state index is 15.5. The molecule has 0 spiro atoms. The van der Waals surface area contributed by atoms with Crippen molar-refractivity contribution in [2.75, 3.05) is 32.8 Å². The quantitative estimate of drug-likeness (QED) is 0.400. The molecule has 1 amide bonds. The molecule has 0 bridgehead atoms. The first kappa shape index (κ1) is 31.6. The highest BCUT2D eigenvalue weighted by Gasteiger charge is 2.58. The van der Waals surface area contributed by atoms with Gasteiger partial charge >= 0.3 is 11.9 Å². The van der Waals surface area contributed by atoms with Crippen LogP contribution in [0.1, 0.15) is 49.4 Å². The zero-order valence-corrected chi connectivity index (χ0v) is 25.6. The number of carboxylic acids is 1.